The van der Waals surface area contributed by atoms with E-state index in [0.29, 0.717) is 19.7 Å². The standard InChI is InChI=1S/C15H17F3N2O3/c1-2-20-6-7-23-12(14(20)22)9-13(21)19-11-5-3-4-10(8-11)15(16,17)18/h3-5,8,12H,2,6-7,9H2,1H3,(H,19,21)/t12-/m0/s1. The highest BCUT2D eigenvalue weighted by atomic mass is 19.4. The number of rotatable bonds is 4. The quantitative estimate of drug-likeness (QED) is 0.921. The zero-order valence-electron chi connectivity index (χ0n) is 12.5. The van der Waals surface area contributed by atoms with Crippen molar-refractivity contribution in [2.24, 2.45) is 0 Å². The number of benzene rings is 1. The molecular weight excluding hydrogens is 313 g/mol. The van der Waals surface area contributed by atoms with Gasteiger partial charge in [0.25, 0.3) is 5.91 Å². The molecule has 0 aliphatic carbocycles. The second-order valence-corrected chi connectivity index (χ2v) is 5.11. The van der Waals surface area contributed by atoms with E-state index in [1.807, 2.05) is 6.92 Å². The summed E-state index contributed by atoms with van der Waals surface area (Å²) in [6.45, 7) is 3.15. The van der Waals surface area contributed by atoms with Gasteiger partial charge in [-0.05, 0) is 25.1 Å². The highest BCUT2D eigenvalue weighted by Crippen LogP contribution is 2.30. The van der Waals surface area contributed by atoms with Crippen LogP contribution < -0.4 is 5.32 Å². The van der Waals surface area contributed by atoms with Gasteiger partial charge >= 0.3 is 6.18 Å². The van der Waals surface area contributed by atoms with Gasteiger partial charge in [0.15, 0.2) is 0 Å². The molecule has 5 nitrogen and oxygen atoms in total. The smallest absolute Gasteiger partial charge is 0.366 e. The molecular formula is C15H17F3N2O3. The van der Waals surface area contributed by atoms with Crippen LogP contribution >= 0.6 is 0 Å². The SMILES string of the molecule is CCN1CCO[C@@H](CC(=O)Nc2cccc(C(F)(F)F)c2)C1=O. The van der Waals surface area contributed by atoms with Crippen LogP contribution in [0.4, 0.5) is 18.9 Å². The van der Waals surface area contributed by atoms with Crippen LogP contribution in [-0.2, 0) is 20.5 Å². The Kier molecular flexibility index (Phi) is 5.25. The summed E-state index contributed by atoms with van der Waals surface area (Å²) in [7, 11) is 0. The fourth-order valence-electron chi connectivity index (χ4n) is 2.30. The molecule has 0 aromatic heterocycles. The van der Waals surface area contributed by atoms with E-state index in [2.05, 4.69) is 5.32 Å². The normalized spacial score (nSPS) is 18.9. The van der Waals surface area contributed by atoms with Gasteiger partial charge in [-0.15, -0.1) is 0 Å². The Hall–Kier alpha value is -2.09. The molecule has 1 aliphatic rings. The molecule has 1 saturated heterocycles. The number of morpholine rings is 1. The number of carbonyl (C=O) groups excluding carboxylic acids is 2. The van der Waals surface area contributed by atoms with Crippen LogP contribution in [-0.4, -0.2) is 42.5 Å². The number of nitrogens with zero attached hydrogens (tertiary/aromatic N) is 1. The first kappa shape index (κ1) is 17.3. The number of hydrogen-bond acceptors (Lipinski definition) is 3. The van der Waals surface area contributed by atoms with Crippen molar-refractivity contribution in [3.8, 4) is 0 Å². The van der Waals surface area contributed by atoms with Crippen LogP contribution in [0.15, 0.2) is 24.3 Å². The van der Waals surface area contributed by atoms with Gasteiger partial charge in [-0.3, -0.25) is 9.59 Å². The molecule has 0 radical (unpaired) electrons. The third-order valence-electron chi connectivity index (χ3n) is 3.49. The third-order valence-corrected chi connectivity index (χ3v) is 3.49. The lowest BCUT2D eigenvalue weighted by molar-refractivity contribution is -0.154. The lowest BCUT2D eigenvalue weighted by Gasteiger charge is -2.31. The molecule has 2 rings (SSSR count). The van der Waals surface area contributed by atoms with Crippen LogP contribution in [0.3, 0.4) is 0 Å². The van der Waals surface area contributed by atoms with Gasteiger partial charge in [0, 0.05) is 18.8 Å². The number of amides is 2. The topological polar surface area (TPSA) is 58.6 Å². The second kappa shape index (κ2) is 6.99. The second-order valence-electron chi connectivity index (χ2n) is 5.11. The number of nitrogens with one attached hydrogen (secondary N) is 1. The summed E-state index contributed by atoms with van der Waals surface area (Å²) in [4.78, 5) is 25.5. The van der Waals surface area contributed by atoms with Crippen LogP contribution in [0.1, 0.15) is 18.9 Å². The Morgan fingerprint density at radius 2 is 2.17 bits per heavy atom. The number of likely N-dealkylation sites (N-methyl/N-ethyl adjacent to an activating group) is 1. The van der Waals surface area contributed by atoms with Gasteiger partial charge in [-0.1, -0.05) is 6.07 Å². The van der Waals surface area contributed by atoms with Crippen LogP contribution in [0, 0.1) is 0 Å². The van der Waals surface area contributed by atoms with E-state index in [9.17, 15) is 22.8 Å². The molecule has 23 heavy (non-hydrogen) atoms. The summed E-state index contributed by atoms with van der Waals surface area (Å²) < 4.78 is 43.2. The first-order valence-electron chi connectivity index (χ1n) is 7.18. The van der Waals surface area contributed by atoms with E-state index in [1.54, 1.807) is 4.90 Å². The van der Waals surface area contributed by atoms with Gasteiger partial charge in [-0.25, -0.2) is 0 Å². The van der Waals surface area contributed by atoms with Crippen molar-refractivity contribution in [3.05, 3.63) is 29.8 Å². The Morgan fingerprint density at radius 1 is 1.43 bits per heavy atom. The first-order valence-corrected chi connectivity index (χ1v) is 7.18. The Labute approximate surface area is 131 Å². The van der Waals surface area contributed by atoms with Crippen LogP contribution in [0.5, 0.6) is 0 Å². The van der Waals surface area contributed by atoms with Crippen LogP contribution in [0.25, 0.3) is 0 Å². The van der Waals surface area contributed by atoms with Crippen molar-refractivity contribution in [3.63, 3.8) is 0 Å². The van der Waals surface area contributed by atoms with E-state index >= 15 is 0 Å². The summed E-state index contributed by atoms with van der Waals surface area (Å²) in [6.07, 6.45) is -5.61. The predicted molar refractivity (Wildman–Crippen MR) is 76.7 cm³/mol. The Morgan fingerprint density at radius 3 is 2.83 bits per heavy atom. The maximum atomic E-state index is 12.6. The monoisotopic (exact) mass is 330 g/mol. The minimum absolute atomic E-state index is 0.0282. The highest BCUT2D eigenvalue weighted by molar-refractivity contribution is 5.95. The third kappa shape index (κ3) is 4.44. The van der Waals surface area contributed by atoms with Crippen molar-refractivity contribution in [1.29, 1.82) is 0 Å². The lowest BCUT2D eigenvalue weighted by Crippen LogP contribution is -2.48. The largest absolute Gasteiger partial charge is 0.416 e. The molecule has 1 atom stereocenters. The van der Waals surface area contributed by atoms with Gasteiger partial charge < -0.3 is 15.0 Å². The van der Waals surface area contributed by atoms with Crippen molar-refractivity contribution in [2.45, 2.75) is 25.6 Å². The number of ether oxygens (including phenoxy) is 1. The van der Waals surface area contributed by atoms with E-state index < -0.39 is 23.8 Å². The first-order chi connectivity index (χ1) is 10.8. The summed E-state index contributed by atoms with van der Waals surface area (Å²) >= 11 is 0. The molecule has 2 amide bonds. The fourth-order valence-corrected chi connectivity index (χ4v) is 2.30. The predicted octanol–water partition coefficient (Wildman–Crippen LogP) is 2.28. The van der Waals surface area contributed by atoms with E-state index in [1.165, 1.54) is 12.1 Å². The number of hydrogen-bond donors (Lipinski definition) is 1. The van der Waals surface area contributed by atoms with E-state index in [4.69, 9.17) is 4.74 Å². The van der Waals surface area contributed by atoms with Gasteiger partial charge in [-0.2, -0.15) is 13.2 Å². The zero-order chi connectivity index (χ0) is 17.0. The maximum absolute atomic E-state index is 12.6. The molecule has 0 spiro atoms. The number of carbonyl (C=O) groups is 2. The number of halogens is 3. The van der Waals surface area contributed by atoms with Gasteiger partial charge in [0.05, 0.1) is 18.6 Å². The molecule has 8 heteroatoms. The maximum Gasteiger partial charge on any atom is 0.416 e. The fraction of sp³-hybridized carbons (Fsp3) is 0.467. The number of alkyl halides is 3. The minimum atomic E-state index is -4.48. The van der Waals surface area contributed by atoms with Crippen molar-refractivity contribution in [1.82, 2.24) is 4.90 Å². The molecule has 1 N–H and O–H groups in total. The average molecular weight is 330 g/mol. The molecule has 0 bridgehead atoms. The summed E-state index contributed by atoms with van der Waals surface area (Å²) in [5.41, 5.74) is -0.821. The molecule has 0 unspecified atom stereocenters. The molecule has 1 heterocycles. The summed E-state index contributed by atoms with van der Waals surface area (Å²) in [6, 6.07) is 4.33. The van der Waals surface area contributed by atoms with Crippen molar-refractivity contribution < 1.29 is 27.5 Å². The molecule has 1 aliphatic heterocycles. The van der Waals surface area contributed by atoms with Crippen LogP contribution in [0.2, 0.25) is 0 Å². The molecule has 1 fully saturated rings. The molecule has 1 aromatic rings. The number of anilines is 1. The Bertz CT molecular complexity index is 590. The molecule has 0 saturated carbocycles. The average Bonchev–Trinajstić information content (AvgIpc) is 2.49. The lowest BCUT2D eigenvalue weighted by atomic mass is 10.1. The van der Waals surface area contributed by atoms with E-state index in [-0.39, 0.29) is 18.0 Å². The van der Waals surface area contributed by atoms with Crippen molar-refractivity contribution in [2.75, 3.05) is 25.0 Å². The van der Waals surface area contributed by atoms with Gasteiger partial charge in [0.1, 0.15) is 6.10 Å². The molecule has 126 valence electrons. The summed E-state index contributed by atoms with van der Waals surface area (Å²) in [5.74, 6) is -0.849. The van der Waals surface area contributed by atoms with Gasteiger partial charge in [0.2, 0.25) is 5.91 Å². The minimum Gasteiger partial charge on any atom is -0.366 e. The molecule has 1 aromatic carbocycles. The Balaban J connectivity index is 1.98. The highest BCUT2D eigenvalue weighted by Gasteiger charge is 2.32. The van der Waals surface area contributed by atoms with Crippen molar-refractivity contribution >= 4 is 17.5 Å². The zero-order valence-corrected chi connectivity index (χ0v) is 12.5. The summed E-state index contributed by atoms with van der Waals surface area (Å²) in [5, 5.41) is 2.37. The van der Waals surface area contributed by atoms with E-state index in [0.717, 1.165) is 12.1 Å².